The zero-order chi connectivity index (χ0) is 14.6. The van der Waals surface area contributed by atoms with Gasteiger partial charge in [-0.1, -0.05) is 26.2 Å². The fourth-order valence-corrected chi connectivity index (χ4v) is 3.18. The van der Waals surface area contributed by atoms with Crippen LogP contribution >= 0.6 is 0 Å². The van der Waals surface area contributed by atoms with Gasteiger partial charge in [-0.15, -0.1) is 0 Å². The predicted molar refractivity (Wildman–Crippen MR) is 84.7 cm³/mol. The molecule has 114 valence electrons. The van der Waals surface area contributed by atoms with Crippen LogP contribution in [0.4, 0.5) is 0 Å². The highest BCUT2D eigenvalue weighted by atomic mass is 15.3. The third kappa shape index (κ3) is 4.62. The molecule has 1 aromatic rings. The Hall–Kier alpha value is -0.830. The van der Waals surface area contributed by atoms with E-state index in [-0.39, 0.29) is 5.54 Å². The van der Waals surface area contributed by atoms with Crippen LogP contribution in [-0.2, 0) is 12.1 Å². The van der Waals surface area contributed by atoms with E-state index < -0.39 is 0 Å². The number of rotatable bonds is 5. The predicted octanol–water partition coefficient (Wildman–Crippen LogP) is 3.94. The van der Waals surface area contributed by atoms with Crippen molar-refractivity contribution in [2.75, 3.05) is 6.54 Å². The summed E-state index contributed by atoms with van der Waals surface area (Å²) in [6.07, 6.45) is 11.2. The molecule has 2 rings (SSSR count). The van der Waals surface area contributed by atoms with Crippen molar-refractivity contribution < 1.29 is 0 Å². The fourth-order valence-electron chi connectivity index (χ4n) is 3.18. The molecule has 1 N–H and O–H groups in total. The molecule has 1 fully saturated rings. The van der Waals surface area contributed by atoms with Crippen molar-refractivity contribution >= 4 is 0 Å². The van der Waals surface area contributed by atoms with Crippen molar-refractivity contribution in [2.24, 2.45) is 11.8 Å². The van der Waals surface area contributed by atoms with Crippen LogP contribution in [0.1, 0.15) is 65.4 Å². The fraction of sp³-hybridized carbons (Fsp3) is 0.824. The summed E-state index contributed by atoms with van der Waals surface area (Å²) in [4.78, 5) is 0. The Kier molecular flexibility index (Phi) is 5.25. The van der Waals surface area contributed by atoms with Gasteiger partial charge in [-0.25, -0.2) is 0 Å². The van der Waals surface area contributed by atoms with E-state index in [9.17, 15) is 0 Å². The molecule has 2 unspecified atom stereocenters. The van der Waals surface area contributed by atoms with Crippen LogP contribution in [0, 0.1) is 11.8 Å². The molecule has 0 bridgehead atoms. The van der Waals surface area contributed by atoms with E-state index in [0.717, 1.165) is 24.9 Å². The van der Waals surface area contributed by atoms with Gasteiger partial charge in [-0.2, -0.15) is 5.10 Å². The van der Waals surface area contributed by atoms with E-state index in [2.05, 4.69) is 44.3 Å². The lowest BCUT2D eigenvalue weighted by Gasteiger charge is -2.26. The Morgan fingerprint density at radius 2 is 2.15 bits per heavy atom. The van der Waals surface area contributed by atoms with E-state index in [1.54, 1.807) is 0 Å². The van der Waals surface area contributed by atoms with Crippen LogP contribution in [0.5, 0.6) is 0 Å². The molecule has 0 saturated heterocycles. The number of hydrogen-bond donors (Lipinski definition) is 1. The molecule has 0 spiro atoms. The van der Waals surface area contributed by atoms with E-state index in [4.69, 9.17) is 0 Å². The molecule has 1 saturated carbocycles. The minimum Gasteiger partial charge on any atom is -0.313 e. The summed E-state index contributed by atoms with van der Waals surface area (Å²) in [7, 11) is 0. The summed E-state index contributed by atoms with van der Waals surface area (Å²) in [5, 5.41) is 8.02. The molecular formula is C17H31N3. The van der Waals surface area contributed by atoms with Crippen molar-refractivity contribution in [3.05, 3.63) is 18.0 Å². The van der Waals surface area contributed by atoms with Crippen LogP contribution in [0.15, 0.2) is 12.4 Å². The average molecular weight is 277 g/mol. The zero-order valence-corrected chi connectivity index (χ0v) is 13.7. The minimum atomic E-state index is 0.0798. The van der Waals surface area contributed by atoms with Crippen LogP contribution in [0.3, 0.4) is 0 Å². The van der Waals surface area contributed by atoms with Crippen molar-refractivity contribution in [3.8, 4) is 0 Å². The normalized spacial score (nSPS) is 24.0. The Balaban J connectivity index is 1.67. The van der Waals surface area contributed by atoms with Gasteiger partial charge in [0.25, 0.3) is 0 Å². The second-order valence-corrected chi connectivity index (χ2v) is 7.57. The van der Waals surface area contributed by atoms with Gasteiger partial charge in [0.05, 0.1) is 11.7 Å². The monoisotopic (exact) mass is 277 g/mol. The third-order valence-electron chi connectivity index (χ3n) is 4.43. The maximum absolute atomic E-state index is 4.44. The molecule has 0 aromatic carbocycles. The van der Waals surface area contributed by atoms with Gasteiger partial charge in [0.2, 0.25) is 0 Å². The molecule has 3 heteroatoms. The van der Waals surface area contributed by atoms with Gasteiger partial charge in [0.15, 0.2) is 0 Å². The van der Waals surface area contributed by atoms with Crippen LogP contribution < -0.4 is 5.32 Å². The number of nitrogens with one attached hydrogen (secondary N) is 1. The van der Waals surface area contributed by atoms with Gasteiger partial charge in [-0.3, -0.25) is 4.68 Å². The summed E-state index contributed by atoms with van der Waals surface area (Å²) in [5.41, 5.74) is 1.37. The first-order valence-corrected chi connectivity index (χ1v) is 8.20. The number of nitrogens with zero attached hydrogens (tertiary/aromatic N) is 2. The Morgan fingerprint density at radius 3 is 2.80 bits per heavy atom. The topological polar surface area (TPSA) is 29.9 Å². The maximum atomic E-state index is 4.44. The van der Waals surface area contributed by atoms with E-state index >= 15 is 0 Å². The summed E-state index contributed by atoms with van der Waals surface area (Å²) in [6.45, 7) is 11.0. The third-order valence-corrected chi connectivity index (χ3v) is 4.43. The highest BCUT2D eigenvalue weighted by Crippen LogP contribution is 2.30. The lowest BCUT2D eigenvalue weighted by Crippen LogP contribution is -2.22. The van der Waals surface area contributed by atoms with Crippen LogP contribution in [0.25, 0.3) is 0 Å². The number of hydrogen-bond acceptors (Lipinski definition) is 2. The van der Waals surface area contributed by atoms with E-state index in [0.29, 0.717) is 0 Å². The lowest BCUT2D eigenvalue weighted by molar-refractivity contribution is 0.267. The maximum Gasteiger partial charge on any atom is 0.0543 e. The smallest absolute Gasteiger partial charge is 0.0543 e. The molecule has 3 nitrogen and oxygen atoms in total. The Morgan fingerprint density at radius 1 is 1.35 bits per heavy atom. The molecule has 0 aliphatic heterocycles. The molecule has 0 amide bonds. The summed E-state index contributed by atoms with van der Waals surface area (Å²) >= 11 is 0. The molecular weight excluding hydrogens is 246 g/mol. The minimum absolute atomic E-state index is 0.0798. The summed E-state index contributed by atoms with van der Waals surface area (Å²) in [5.74, 6) is 1.89. The van der Waals surface area contributed by atoms with Crippen LogP contribution in [0.2, 0.25) is 0 Å². The zero-order valence-electron chi connectivity index (χ0n) is 13.7. The van der Waals surface area contributed by atoms with Crippen molar-refractivity contribution in [3.63, 3.8) is 0 Å². The molecule has 1 aliphatic rings. The Labute approximate surface area is 124 Å². The SMILES string of the molecule is CC1CCCC(CCNCc2cnn(C(C)(C)C)c2)C1. The van der Waals surface area contributed by atoms with Gasteiger partial charge < -0.3 is 5.32 Å². The first-order chi connectivity index (χ1) is 9.45. The molecule has 1 aliphatic carbocycles. The standard InChI is InChI=1S/C17H31N3/c1-14-6-5-7-15(10-14)8-9-18-11-16-12-19-20(13-16)17(2,3)4/h12-15,18H,5-11H2,1-4H3. The average Bonchev–Trinajstić information content (AvgIpc) is 2.83. The molecule has 20 heavy (non-hydrogen) atoms. The Bertz CT molecular complexity index is 403. The van der Waals surface area contributed by atoms with Crippen LogP contribution in [-0.4, -0.2) is 16.3 Å². The van der Waals surface area contributed by atoms with Crippen molar-refractivity contribution in [2.45, 2.75) is 71.9 Å². The van der Waals surface area contributed by atoms with Gasteiger partial charge in [0, 0.05) is 18.3 Å². The molecule has 2 atom stereocenters. The van der Waals surface area contributed by atoms with Crippen molar-refractivity contribution in [1.82, 2.24) is 15.1 Å². The molecule has 1 heterocycles. The highest BCUT2D eigenvalue weighted by Gasteiger charge is 2.18. The largest absolute Gasteiger partial charge is 0.313 e. The first-order valence-electron chi connectivity index (χ1n) is 8.20. The van der Waals surface area contributed by atoms with E-state index in [1.807, 2.05) is 10.9 Å². The second kappa shape index (κ2) is 6.75. The van der Waals surface area contributed by atoms with Crippen molar-refractivity contribution in [1.29, 1.82) is 0 Å². The summed E-state index contributed by atoms with van der Waals surface area (Å²) in [6, 6.07) is 0. The number of aromatic nitrogens is 2. The lowest BCUT2D eigenvalue weighted by atomic mass is 9.81. The molecule has 1 aromatic heterocycles. The molecule has 0 radical (unpaired) electrons. The van der Waals surface area contributed by atoms with Gasteiger partial charge in [0.1, 0.15) is 0 Å². The first kappa shape index (κ1) is 15.6. The summed E-state index contributed by atoms with van der Waals surface area (Å²) < 4.78 is 2.05. The second-order valence-electron chi connectivity index (χ2n) is 7.57. The van der Waals surface area contributed by atoms with Gasteiger partial charge >= 0.3 is 0 Å². The van der Waals surface area contributed by atoms with Gasteiger partial charge in [-0.05, 0) is 52.0 Å². The van der Waals surface area contributed by atoms with E-state index in [1.165, 1.54) is 37.7 Å². The quantitative estimate of drug-likeness (QED) is 0.826. The highest BCUT2D eigenvalue weighted by molar-refractivity contribution is 5.04.